The van der Waals surface area contributed by atoms with Gasteiger partial charge < -0.3 is 5.73 Å². The Kier molecular flexibility index (Phi) is 4.81. The van der Waals surface area contributed by atoms with Crippen LogP contribution in [-0.2, 0) is 16.5 Å². The number of nitrogens with two attached hydrogens (primary N) is 1. The fraction of sp³-hybridized carbons (Fsp3) is 0.500. The van der Waals surface area contributed by atoms with E-state index in [1.54, 1.807) is 6.92 Å². The lowest BCUT2D eigenvalue weighted by Gasteiger charge is -2.31. The molecule has 0 saturated heterocycles. The highest BCUT2D eigenvalue weighted by molar-refractivity contribution is 5.85. The lowest BCUT2D eigenvalue weighted by Crippen LogP contribution is -2.53. The summed E-state index contributed by atoms with van der Waals surface area (Å²) in [5.74, 6) is -0.627. The molecule has 0 aromatic heterocycles. The molecule has 0 aliphatic carbocycles. The Morgan fingerprint density at radius 1 is 1.25 bits per heavy atom. The molecule has 3 nitrogen and oxygen atoms in total. The molecule has 1 rings (SSSR count). The topological polar surface area (TPSA) is 55.1 Å². The van der Waals surface area contributed by atoms with E-state index in [4.69, 9.17) is 5.73 Å². The van der Waals surface area contributed by atoms with E-state index < -0.39 is 23.2 Å². The van der Waals surface area contributed by atoms with Gasteiger partial charge in [0.1, 0.15) is 5.54 Å². The summed E-state index contributed by atoms with van der Waals surface area (Å²) >= 11 is 0. The maximum absolute atomic E-state index is 12.5. The Morgan fingerprint density at radius 2 is 1.70 bits per heavy atom. The lowest BCUT2D eigenvalue weighted by molar-refractivity contribution is -0.137. The minimum Gasteiger partial charge on any atom is -0.368 e. The molecule has 2 unspecified atom stereocenters. The van der Waals surface area contributed by atoms with E-state index in [0.29, 0.717) is 5.56 Å². The van der Waals surface area contributed by atoms with Crippen molar-refractivity contribution in [3.05, 3.63) is 35.4 Å². The Balaban J connectivity index is 3.13. The van der Waals surface area contributed by atoms with E-state index in [0.717, 1.165) is 18.6 Å². The Hall–Kier alpha value is -1.56. The van der Waals surface area contributed by atoms with Crippen molar-refractivity contribution >= 4 is 5.91 Å². The van der Waals surface area contributed by atoms with Gasteiger partial charge in [0.15, 0.2) is 0 Å². The second-order valence-corrected chi connectivity index (χ2v) is 5.02. The molecule has 0 saturated carbocycles. The van der Waals surface area contributed by atoms with Gasteiger partial charge in [0.25, 0.3) is 0 Å². The fourth-order valence-electron chi connectivity index (χ4n) is 1.88. The van der Waals surface area contributed by atoms with Gasteiger partial charge in [-0.15, -0.1) is 0 Å². The summed E-state index contributed by atoms with van der Waals surface area (Å²) in [5, 5.41) is 3.06. The fourth-order valence-corrected chi connectivity index (χ4v) is 1.88. The Morgan fingerprint density at radius 3 is 2.05 bits per heavy atom. The average Bonchev–Trinajstić information content (AvgIpc) is 2.37. The number of amides is 1. The first kappa shape index (κ1) is 16.5. The highest BCUT2D eigenvalue weighted by Crippen LogP contribution is 2.31. The number of rotatable bonds is 5. The zero-order chi connectivity index (χ0) is 15.6. The third-order valence-corrected chi connectivity index (χ3v) is 3.43. The van der Waals surface area contributed by atoms with Crippen molar-refractivity contribution in [3.63, 3.8) is 0 Å². The number of hydrogen-bond acceptors (Lipinski definition) is 2. The van der Waals surface area contributed by atoms with Crippen LogP contribution in [0.25, 0.3) is 0 Å². The van der Waals surface area contributed by atoms with Crippen molar-refractivity contribution in [2.75, 3.05) is 0 Å². The van der Waals surface area contributed by atoms with Crippen LogP contribution < -0.4 is 11.1 Å². The van der Waals surface area contributed by atoms with Gasteiger partial charge in [0, 0.05) is 6.04 Å². The average molecular weight is 288 g/mol. The first-order valence-corrected chi connectivity index (χ1v) is 6.36. The van der Waals surface area contributed by atoms with E-state index in [1.807, 2.05) is 13.8 Å². The summed E-state index contributed by atoms with van der Waals surface area (Å²) in [6.45, 7) is 5.39. The summed E-state index contributed by atoms with van der Waals surface area (Å²) in [6, 6.07) is 4.48. The van der Waals surface area contributed by atoms with Crippen molar-refractivity contribution in [2.24, 2.45) is 5.73 Å². The van der Waals surface area contributed by atoms with Gasteiger partial charge >= 0.3 is 6.18 Å². The van der Waals surface area contributed by atoms with Crippen LogP contribution in [0.2, 0.25) is 0 Å². The summed E-state index contributed by atoms with van der Waals surface area (Å²) in [5.41, 5.74) is 3.87. The van der Waals surface area contributed by atoms with Gasteiger partial charge in [-0.1, -0.05) is 19.1 Å². The van der Waals surface area contributed by atoms with Crippen molar-refractivity contribution in [1.82, 2.24) is 5.32 Å². The standard InChI is InChI=1S/C14H19F3N2O/c1-4-9(2)19-13(3,12(18)20)10-5-7-11(8-6-10)14(15,16)17/h5-9,19H,4H2,1-3H3,(H2,18,20). The molecule has 0 radical (unpaired) electrons. The lowest BCUT2D eigenvalue weighted by atomic mass is 9.89. The minimum absolute atomic E-state index is 0.00907. The molecule has 1 aromatic carbocycles. The number of carbonyl (C=O) groups is 1. The van der Waals surface area contributed by atoms with Crippen molar-refractivity contribution in [2.45, 2.75) is 44.9 Å². The molecule has 2 atom stereocenters. The molecule has 0 bridgehead atoms. The van der Waals surface area contributed by atoms with Gasteiger partial charge in [-0.25, -0.2) is 0 Å². The summed E-state index contributed by atoms with van der Waals surface area (Å²) < 4.78 is 37.6. The molecule has 1 amide bonds. The molecule has 3 N–H and O–H groups in total. The Labute approximate surface area is 116 Å². The zero-order valence-corrected chi connectivity index (χ0v) is 11.7. The minimum atomic E-state index is -4.40. The molecule has 6 heteroatoms. The number of carbonyl (C=O) groups excluding carboxylic acids is 1. The van der Waals surface area contributed by atoms with Crippen LogP contribution in [0.15, 0.2) is 24.3 Å². The predicted molar refractivity (Wildman–Crippen MR) is 70.9 cm³/mol. The van der Waals surface area contributed by atoms with Gasteiger partial charge in [0.05, 0.1) is 5.56 Å². The predicted octanol–water partition coefficient (Wildman–Crippen LogP) is 2.79. The molecular weight excluding hydrogens is 269 g/mol. The van der Waals surface area contributed by atoms with Crippen molar-refractivity contribution in [3.8, 4) is 0 Å². The highest BCUT2D eigenvalue weighted by atomic mass is 19.4. The second-order valence-electron chi connectivity index (χ2n) is 5.02. The molecule has 0 aliphatic rings. The molecule has 0 aliphatic heterocycles. The number of primary amides is 1. The van der Waals surface area contributed by atoms with E-state index in [-0.39, 0.29) is 6.04 Å². The normalized spacial score (nSPS) is 16.5. The van der Waals surface area contributed by atoms with E-state index in [9.17, 15) is 18.0 Å². The third kappa shape index (κ3) is 3.50. The first-order chi connectivity index (χ1) is 9.11. The number of benzene rings is 1. The molecule has 0 heterocycles. The van der Waals surface area contributed by atoms with Crippen LogP contribution in [0.5, 0.6) is 0 Å². The summed E-state index contributed by atoms with van der Waals surface area (Å²) in [4.78, 5) is 11.7. The summed E-state index contributed by atoms with van der Waals surface area (Å²) in [6.07, 6.45) is -3.63. The van der Waals surface area contributed by atoms with Crippen LogP contribution in [-0.4, -0.2) is 11.9 Å². The van der Waals surface area contributed by atoms with Crippen LogP contribution in [0.4, 0.5) is 13.2 Å². The number of alkyl halides is 3. The monoisotopic (exact) mass is 288 g/mol. The first-order valence-electron chi connectivity index (χ1n) is 6.36. The molecule has 0 spiro atoms. The molecule has 112 valence electrons. The van der Waals surface area contributed by atoms with Gasteiger partial charge in [-0.3, -0.25) is 10.1 Å². The number of hydrogen-bond donors (Lipinski definition) is 2. The smallest absolute Gasteiger partial charge is 0.368 e. The number of halogens is 3. The van der Waals surface area contributed by atoms with Crippen LogP contribution in [0.1, 0.15) is 38.3 Å². The van der Waals surface area contributed by atoms with Crippen LogP contribution >= 0.6 is 0 Å². The van der Waals surface area contributed by atoms with Crippen molar-refractivity contribution in [1.29, 1.82) is 0 Å². The Bertz CT molecular complexity index is 470. The largest absolute Gasteiger partial charge is 0.416 e. The highest BCUT2D eigenvalue weighted by Gasteiger charge is 2.35. The van der Waals surface area contributed by atoms with E-state index >= 15 is 0 Å². The van der Waals surface area contributed by atoms with Crippen LogP contribution in [0, 0.1) is 0 Å². The van der Waals surface area contributed by atoms with Gasteiger partial charge in [-0.05, 0) is 38.0 Å². The van der Waals surface area contributed by atoms with E-state index in [1.165, 1.54) is 12.1 Å². The van der Waals surface area contributed by atoms with Gasteiger partial charge in [0.2, 0.25) is 5.91 Å². The third-order valence-electron chi connectivity index (χ3n) is 3.43. The second kappa shape index (κ2) is 5.83. The van der Waals surface area contributed by atoms with Crippen LogP contribution in [0.3, 0.4) is 0 Å². The maximum Gasteiger partial charge on any atom is 0.416 e. The quantitative estimate of drug-likeness (QED) is 0.875. The molecule has 1 aromatic rings. The van der Waals surface area contributed by atoms with Crippen molar-refractivity contribution < 1.29 is 18.0 Å². The maximum atomic E-state index is 12.5. The SMILES string of the molecule is CCC(C)NC(C)(C(N)=O)c1ccc(C(F)(F)F)cc1. The molecule has 20 heavy (non-hydrogen) atoms. The molecule has 0 fully saturated rings. The van der Waals surface area contributed by atoms with Gasteiger partial charge in [-0.2, -0.15) is 13.2 Å². The zero-order valence-electron chi connectivity index (χ0n) is 11.7. The number of nitrogens with one attached hydrogen (secondary N) is 1. The van der Waals surface area contributed by atoms with E-state index in [2.05, 4.69) is 5.32 Å². The molecular formula is C14H19F3N2O. The summed E-state index contributed by atoms with van der Waals surface area (Å²) in [7, 11) is 0.